The zero-order valence-corrected chi connectivity index (χ0v) is 24.7. The van der Waals surface area contributed by atoms with Crippen LogP contribution in [0.2, 0.25) is 0 Å². The predicted octanol–water partition coefficient (Wildman–Crippen LogP) is 11.1. The summed E-state index contributed by atoms with van der Waals surface area (Å²) in [5.74, 6) is 0.645. The molecule has 7 aromatic carbocycles. The van der Waals surface area contributed by atoms with Gasteiger partial charge in [-0.15, -0.1) is 0 Å². The van der Waals surface area contributed by atoms with Crippen molar-refractivity contribution in [3.63, 3.8) is 0 Å². The normalized spacial score (nSPS) is 11.9. The molecule has 0 aliphatic carbocycles. The Morgan fingerprint density at radius 1 is 0.435 bits per heavy atom. The van der Waals surface area contributed by atoms with E-state index in [1.54, 1.807) is 0 Å². The maximum atomic E-state index is 6.34. The van der Waals surface area contributed by atoms with Gasteiger partial charge in [-0.1, -0.05) is 127 Å². The van der Waals surface area contributed by atoms with E-state index in [2.05, 4.69) is 132 Å². The molecule has 214 valence electrons. The fraction of sp³-hybridized carbons (Fsp3) is 0. The van der Waals surface area contributed by atoms with Gasteiger partial charge in [-0.25, -0.2) is 9.97 Å². The van der Waals surface area contributed by atoms with E-state index in [1.165, 1.54) is 10.8 Å². The summed E-state index contributed by atoms with van der Waals surface area (Å²) < 4.78 is 8.62. The smallest absolute Gasteiger partial charge is 0.235 e. The van der Waals surface area contributed by atoms with Gasteiger partial charge in [0.2, 0.25) is 5.95 Å². The monoisotopic (exact) mass is 587 g/mol. The zero-order chi connectivity index (χ0) is 30.2. The SMILES string of the molecule is c1ccc(-c2nc(-n3c4c(-c5ccc6c(c5)oc5ccccc56)cccc4c4ccc5ccccc5c43)nc3ccccc23)cc1. The summed E-state index contributed by atoms with van der Waals surface area (Å²) >= 11 is 0. The summed E-state index contributed by atoms with van der Waals surface area (Å²) in [5, 5.41) is 7.92. The van der Waals surface area contributed by atoms with Crippen LogP contribution < -0.4 is 0 Å². The summed E-state index contributed by atoms with van der Waals surface area (Å²) in [4.78, 5) is 10.6. The Hall–Kier alpha value is -6.26. The lowest BCUT2D eigenvalue weighted by Gasteiger charge is -2.14. The maximum absolute atomic E-state index is 6.34. The van der Waals surface area contributed by atoms with E-state index in [-0.39, 0.29) is 0 Å². The van der Waals surface area contributed by atoms with Gasteiger partial charge in [0.05, 0.1) is 22.2 Å². The van der Waals surface area contributed by atoms with Gasteiger partial charge in [0.1, 0.15) is 11.2 Å². The second-order valence-electron chi connectivity index (χ2n) is 11.8. The fourth-order valence-corrected chi connectivity index (χ4v) is 7.13. The van der Waals surface area contributed by atoms with E-state index in [0.717, 1.165) is 77.0 Å². The van der Waals surface area contributed by atoms with Crippen molar-refractivity contribution in [1.82, 2.24) is 14.5 Å². The molecule has 0 unspecified atom stereocenters. The van der Waals surface area contributed by atoms with E-state index in [9.17, 15) is 0 Å². The van der Waals surface area contributed by atoms with E-state index in [0.29, 0.717) is 5.95 Å². The Balaban J connectivity index is 1.36. The second-order valence-corrected chi connectivity index (χ2v) is 11.8. The lowest BCUT2D eigenvalue weighted by atomic mass is 10.00. The molecule has 0 fully saturated rings. The molecule has 0 amide bonds. The third-order valence-corrected chi connectivity index (χ3v) is 9.20. The Morgan fingerprint density at radius 3 is 2.04 bits per heavy atom. The van der Waals surface area contributed by atoms with Crippen molar-refractivity contribution in [2.75, 3.05) is 0 Å². The topological polar surface area (TPSA) is 43.9 Å². The van der Waals surface area contributed by atoms with Crippen molar-refractivity contribution < 1.29 is 4.42 Å². The zero-order valence-electron chi connectivity index (χ0n) is 24.7. The van der Waals surface area contributed by atoms with E-state index in [4.69, 9.17) is 14.4 Å². The highest BCUT2D eigenvalue weighted by atomic mass is 16.3. The molecule has 0 atom stereocenters. The molecule has 0 aliphatic rings. The number of nitrogens with zero attached hydrogens (tertiary/aromatic N) is 3. The van der Waals surface area contributed by atoms with Gasteiger partial charge in [0.15, 0.2) is 0 Å². The van der Waals surface area contributed by atoms with Crippen molar-refractivity contribution in [2.45, 2.75) is 0 Å². The minimum atomic E-state index is 0.645. The predicted molar refractivity (Wildman–Crippen MR) is 190 cm³/mol. The number of furan rings is 1. The van der Waals surface area contributed by atoms with Crippen molar-refractivity contribution >= 4 is 65.4 Å². The summed E-state index contributed by atoms with van der Waals surface area (Å²) in [6, 6.07) is 53.0. The van der Waals surface area contributed by atoms with E-state index < -0.39 is 0 Å². The van der Waals surface area contributed by atoms with Gasteiger partial charge >= 0.3 is 0 Å². The number of rotatable bonds is 3. The van der Waals surface area contributed by atoms with Crippen molar-refractivity contribution in [3.05, 3.63) is 152 Å². The molecule has 0 aliphatic heterocycles. The Kier molecular flexibility index (Phi) is 5.25. The minimum absolute atomic E-state index is 0.645. The highest BCUT2D eigenvalue weighted by molar-refractivity contribution is 6.21. The first-order valence-electron chi connectivity index (χ1n) is 15.5. The van der Waals surface area contributed by atoms with Crippen LogP contribution >= 0.6 is 0 Å². The van der Waals surface area contributed by atoms with Crippen molar-refractivity contribution in [1.29, 1.82) is 0 Å². The molecule has 46 heavy (non-hydrogen) atoms. The molecule has 0 saturated heterocycles. The van der Waals surface area contributed by atoms with Crippen LogP contribution in [-0.2, 0) is 0 Å². The van der Waals surface area contributed by atoms with Gasteiger partial charge in [-0.05, 0) is 35.2 Å². The molecule has 10 aromatic rings. The van der Waals surface area contributed by atoms with Crippen LogP contribution in [0.15, 0.2) is 156 Å². The molecule has 0 saturated carbocycles. The number of hydrogen-bond donors (Lipinski definition) is 0. The lowest BCUT2D eigenvalue weighted by Crippen LogP contribution is -2.04. The van der Waals surface area contributed by atoms with Crippen molar-refractivity contribution in [2.24, 2.45) is 0 Å². The molecule has 0 spiro atoms. The molecular weight excluding hydrogens is 562 g/mol. The summed E-state index contributed by atoms with van der Waals surface area (Å²) in [7, 11) is 0. The van der Waals surface area contributed by atoms with E-state index >= 15 is 0 Å². The third-order valence-electron chi connectivity index (χ3n) is 9.20. The first-order valence-corrected chi connectivity index (χ1v) is 15.5. The van der Waals surface area contributed by atoms with Crippen LogP contribution in [0.5, 0.6) is 0 Å². The number of benzene rings is 7. The summed E-state index contributed by atoms with van der Waals surface area (Å²) in [6.45, 7) is 0. The lowest BCUT2D eigenvalue weighted by molar-refractivity contribution is 0.669. The number of fused-ring (bicyclic) bond motifs is 9. The van der Waals surface area contributed by atoms with Gasteiger partial charge < -0.3 is 4.42 Å². The molecule has 4 nitrogen and oxygen atoms in total. The largest absolute Gasteiger partial charge is 0.456 e. The number of para-hydroxylation sites is 3. The fourth-order valence-electron chi connectivity index (χ4n) is 7.13. The molecule has 4 heteroatoms. The first kappa shape index (κ1) is 25.1. The van der Waals surface area contributed by atoms with Gasteiger partial charge in [-0.2, -0.15) is 0 Å². The van der Waals surface area contributed by atoms with Crippen LogP contribution in [0.1, 0.15) is 0 Å². The molecule has 10 rings (SSSR count). The third kappa shape index (κ3) is 3.61. The van der Waals surface area contributed by atoms with Crippen LogP contribution in [0.4, 0.5) is 0 Å². The number of aromatic nitrogens is 3. The summed E-state index contributed by atoms with van der Waals surface area (Å²) in [5.41, 5.74) is 8.98. The Labute approximate surface area is 263 Å². The van der Waals surface area contributed by atoms with Crippen LogP contribution in [-0.4, -0.2) is 14.5 Å². The van der Waals surface area contributed by atoms with Crippen LogP contribution in [0, 0.1) is 0 Å². The number of hydrogen-bond acceptors (Lipinski definition) is 3. The molecular formula is C42H25N3O. The van der Waals surface area contributed by atoms with Gasteiger partial charge in [0, 0.05) is 43.4 Å². The molecule has 3 aromatic heterocycles. The first-order chi connectivity index (χ1) is 22.8. The van der Waals surface area contributed by atoms with Gasteiger partial charge in [-0.3, -0.25) is 4.57 Å². The standard InChI is InChI=1S/C42H25N3O/c1-2-12-27(13-3-1)39-35-16-6-8-19-36(35)43-42(44-39)45-40-29-14-5-4-11-26(29)21-24-34(40)33-18-10-17-30(41(33)45)28-22-23-32-31-15-7-9-20-37(31)46-38(32)25-28/h1-25H. The highest BCUT2D eigenvalue weighted by Gasteiger charge is 2.22. The molecule has 0 radical (unpaired) electrons. The quantitative estimate of drug-likeness (QED) is 0.207. The average Bonchev–Trinajstić information content (AvgIpc) is 3.67. The van der Waals surface area contributed by atoms with Gasteiger partial charge in [0.25, 0.3) is 0 Å². The van der Waals surface area contributed by atoms with Crippen molar-refractivity contribution in [3.8, 4) is 28.3 Å². The highest BCUT2D eigenvalue weighted by Crippen LogP contribution is 2.42. The summed E-state index contributed by atoms with van der Waals surface area (Å²) in [6.07, 6.45) is 0. The minimum Gasteiger partial charge on any atom is -0.456 e. The van der Waals surface area contributed by atoms with Crippen LogP contribution in [0.25, 0.3) is 93.8 Å². The second kappa shape index (κ2) is 9.62. The average molecular weight is 588 g/mol. The molecule has 3 heterocycles. The van der Waals surface area contributed by atoms with E-state index in [1.807, 2.05) is 24.3 Å². The van der Waals surface area contributed by atoms with Crippen LogP contribution in [0.3, 0.4) is 0 Å². The molecule has 0 N–H and O–H groups in total. The Bertz CT molecular complexity index is 2810. The Morgan fingerprint density at radius 2 is 1.13 bits per heavy atom. The maximum Gasteiger partial charge on any atom is 0.235 e. The molecule has 0 bridgehead atoms.